The van der Waals surface area contributed by atoms with Crippen molar-refractivity contribution in [3.63, 3.8) is 0 Å². The lowest BCUT2D eigenvalue weighted by molar-refractivity contribution is -0.142. The van der Waals surface area contributed by atoms with Crippen LogP contribution >= 0.6 is 0 Å². The fourth-order valence-electron chi connectivity index (χ4n) is 2.90. The van der Waals surface area contributed by atoms with Gasteiger partial charge >= 0.3 is 11.9 Å². The molecule has 0 bridgehead atoms. The van der Waals surface area contributed by atoms with Crippen LogP contribution in [-0.4, -0.2) is 19.0 Å². The van der Waals surface area contributed by atoms with Crippen molar-refractivity contribution in [2.75, 3.05) is 12.4 Å². The predicted octanol–water partition coefficient (Wildman–Crippen LogP) is 3.57. The average molecular weight is 349 g/mol. The van der Waals surface area contributed by atoms with E-state index in [0.29, 0.717) is 17.0 Å². The van der Waals surface area contributed by atoms with E-state index in [9.17, 15) is 9.59 Å². The molecule has 0 saturated carbocycles. The molecule has 0 radical (unpaired) electrons. The highest BCUT2D eigenvalue weighted by molar-refractivity contribution is 6.06. The van der Waals surface area contributed by atoms with E-state index >= 15 is 0 Å². The topological polar surface area (TPSA) is 77.8 Å². The van der Waals surface area contributed by atoms with Gasteiger partial charge in [-0.2, -0.15) is 0 Å². The third-order valence-corrected chi connectivity index (χ3v) is 4.11. The molecule has 0 aliphatic carbocycles. The average Bonchev–Trinajstić information content (AvgIpc) is 3.23. The van der Waals surface area contributed by atoms with E-state index < -0.39 is 18.0 Å². The molecule has 2 heterocycles. The number of furan rings is 1. The number of para-hydroxylation sites is 2. The number of anilines is 1. The standard InChI is InChI=1S/C20H15NO5/c1-24-19(22)16-17(21-13-8-3-2-4-9-13)20(23)26-18(16)15-11-12-7-5-6-10-14(12)25-15/h2-11,18,21H,1H3. The van der Waals surface area contributed by atoms with Crippen molar-refractivity contribution in [1.82, 2.24) is 0 Å². The third kappa shape index (κ3) is 2.71. The number of hydrogen-bond acceptors (Lipinski definition) is 6. The quantitative estimate of drug-likeness (QED) is 0.726. The maximum atomic E-state index is 12.4. The number of nitrogens with one attached hydrogen (secondary N) is 1. The van der Waals surface area contributed by atoms with Crippen LogP contribution in [0.15, 0.2) is 76.4 Å². The monoisotopic (exact) mass is 349 g/mol. The SMILES string of the molecule is COC(=O)C1=C(Nc2ccccc2)C(=O)OC1c1cc2ccccc2o1. The summed E-state index contributed by atoms with van der Waals surface area (Å²) in [7, 11) is 1.26. The Balaban J connectivity index is 1.79. The van der Waals surface area contributed by atoms with E-state index in [1.165, 1.54) is 7.11 Å². The van der Waals surface area contributed by atoms with Gasteiger partial charge in [0.1, 0.15) is 16.9 Å². The number of hydrogen-bond donors (Lipinski definition) is 1. The van der Waals surface area contributed by atoms with E-state index in [4.69, 9.17) is 13.9 Å². The molecule has 1 aliphatic rings. The van der Waals surface area contributed by atoms with Gasteiger partial charge in [0.15, 0.2) is 11.9 Å². The molecule has 1 aromatic heterocycles. The largest absolute Gasteiger partial charge is 0.465 e. The van der Waals surface area contributed by atoms with Crippen LogP contribution in [0, 0.1) is 0 Å². The van der Waals surface area contributed by atoms with Crippen LogP contribution in [0.1, 0.15) is 11.9 Å². The summed E-state index contributed by atoms with van der Waals surface area (Å²) in [6.45, 7) is 0. The van der Waals surface area contributed by atoms with Gasteiger partial charge in [0.25, 0.3) is 0 Å². The lowest BCUT2D eigenvalue weighted by atomic mass is 10.1. The number of methoxy groups -OCH3 is 1. The molecule has 1 aliphatic heterocycles. The van der Waals surface area contributed by atoms with Crippen molar-refractivity contribution < 1.29 is 23.5 Å². The molecule has 0 saturated heterocycles. The minimum Gasteiger partial charge on any atom is -0.465 e. The van der Waals surface area contributed by atoms with Crippen molar-refractivity contribution in [1.29, 1.82) is 0 Å². The maximum Gasteiger partial charge on any atom is 0.356 e. The molecule has 1 atom stereocenters. The van der Waals surface area contributed by atoms with Crippen LogP contribution in [-0.2, 0) is 19.1 Å². The Morgan fingerprint density at radius 3 is 2.54 bits per heavy atom. The lowest BCUT2D eigenvalue weighted by Crippen LogP contribution is -2.14. The molecule has 4 rings (SSSR count). The number of fused-ring (bicyclic) bond motifs is 1. The van der Waals surface area contributed by atoms with Crippen molar-refractivity contribution in [3.05, 3.63) is 77.7 Å². The van der Waals surface area contributed by atoms with Gasteiger partial charge < -0.3 is 19.2 Å². The van der Waals surface area contributed by atoms with Gasteiger partial charge in [0.2, 0.25) is 0 Å². The van der Waals surface area contributed by atoms with Crippen molar-refractivity contribution >= 4 is 28.6 Å². The van der Waals surface area contributed by atoms with Crippen molar-refractivity contribution in [2.45, 2.75) is 6.10 Å². The van der Waals surface area contributed by atoms with Gasteiger partial charge in [-0.05, 0) is 24.3 Å². The number of rotatable bonds is 4. The van der Waals surface area contributed by atoms with Crippen LogP contribution < -0.4 is 5.32 Å². The van der Waals surface area contributed by atoms with Gasteiger partial charge in [-0.15, -0.1) is 0 Å². The minimum absolute atomic E-state index is 0.0495. The Bertz CT molecular complexity index is 986. The molecule has 1 unspecified atom stereocenters. The Morgan fingerprint density at radius 1 is 1.08 bits per heavy atom. The number of benzene rings is 2. The summed E-state index contributed by atoms with van der Waals surface area (Å²) in [5.74, 6) is -0.927. The molecule has 6 nitrogen and oxygen atoms in total. The predicted molar refractivity (Wildman–Crippen MR) is 94.2 cm³/mol. The first kappa shape index (κ1) is 16.0. The summed E-state index contributed by atoms with van der Waals surface area (Å²) in [6.07, 6.45) is -0.964. The first-order valence-corrected chi connectivity index (χ1v) is 8.01. The van der Waals surface area contributed by atoms with Gasteiger partial charge in [0.05, 0.1) is 7.11 Å². The molecule has 2 aromatic carbocycles. The van der Waals surface area contributed by atoms with E-state index in [1.54, 1.807) is 24.3 Å². The summed E-state index contributed by atoms with van der Waals surface area (Å²) >= 11 is 0. The zero-order chi connectivity index (χ0) is 18.1. The summed E-state index contributed by atoms with van der Waals surface area (Å²) < 4.78 is 16.1. The van der Waals surface area contributed by atoms with Gasteiger partial charge in [0, 0.05) is 11.1 Å². The zero-order valence-electron chi connectivity index (χ0n) is 13.9. The lowest BCUT2D eigenvalue weighted by Gasteiger charge is -2.09. The summed E-state index contributed by atoms with van der Waals surface area (Å²) in [4.78, 5) is 24.8. The normalized spacial score (nSPS) is 16.7. The molecule has 6 heteroatoms. The van der Waals surface area contributed by atoms with Crippen LogP contribution in [0.25, 0.3) is 11.0 Å². The molecular formula is C20H15NO5. The van der Waals surface area contributed by atoms with Crippen LogP contribution in [0.3, 0.4) is 0 Å². The maximum absolute atomic E-state index is 12.4. The molecule has 26 heavy (non-hydrogen) atoms. The number of ether oxygens (including phenoxy) is 2. The van der Waals surface area contributed by atoms with Gasteiger partial charge in [-0.25, -0.2) is 9.59 Å². The summed E-state index contributed by atoms with van der Waals surface area (Å²) in [5.41, 5.74) is 1.44. The van der Waals surface area contributed by atoms with Gasteiger partial charge in [-0.1, -0.05) is 36.4 Å². The molecule has 3 aromatic rings. The molecule has 130 valence electrons. The van der Waals surface area contributed by atoms with Crippen molar-refractivity contribution in [2.24, 2.45) is 0 Å². The van der Waals surface area contributed by atoms with Gasteiger partial charge in [-0.3, -0.25) is 0 Å². The van der Waals surface area contributed by atoms with E-state index in [0.717, 1.165) is 5.39 Å². The second kappa shape index (κ2) is 6.40. The van der Waals surface area contributed by atoms with E-state index in [2.05, 4.69) is 5.32 Å². The third-order valence-electron chi connectivity index (χ3n) is 4.11. The van der Waals surface area contributed by atoms with E-state index in [-0.39, 0.29) is 11.3 Å². The smallest absolute Gasteiger partial charge is 0.356 e. The van der Waals surface area contributed by atoms with Crippen molar-refractivity contribution in [3.8, 4) is 0 Å². The Labute approximate surface area is 149 Å². The molecule has 0 fully saturated rings. The molecule has 0 spiro atoms. The highest BCUT2D eigenvalue weighted by Gasteiger charge is 2.42. The van der Waals surface area contributed by atoms with Crippen LogP contribution in [0.5, 0.6) is 0 Å². The number of carbonyl (C=O) groups is 2. The minimum atomic E-state index is -0.964. The van der Waals surface area contributed by atoms with E-state index in [1.807, 2.05) is 36.4 Å². The van der Waals surface area contributed by atoms with Crippen LogP contribution in [0.4, 0.5) is 5.69 Å². The number of esters is 2. The summed E-state index contributed by atoms with van der Waals surface area (Å²) in [5, 5.41) is 3.81. The Hall–Kier alpha value is -3.54. The first-order valence-electron chi connectivity index (χ1n) is 8.01. The fourth-order valence-corrected chi connectivity index (χ4v) is 2.90. The second-order valence-electron chi connectivity index (χ2n) is 5.74. The highest BCUT2D eigenvalue weighted by atomic mass is 16.6. The Kier molecular flexibility index (Phi) is 3.93. The molecular weight excluding hydrogens is 334 g/mol. The Morgan fingerprint density at radius 2 is 1.81 bits per heavy atom. The summed E-state index contributed by atoms with van der Waals surface area (Å²) in [6, 6.07) is 18.2. The number of cyclic esters (lactones) is 1. The number of carbonyl (C=O) groups excluding carboxylic acids is 2. The molecule has 0 amide bonds. The first-order chi connectivity index (χ1) is 12.7. The highest BCUT2D eigenvalue weighted by Crippen LogP contribution is 2.38. The second-order valence-corrected chi connectivity index (χ2v) is 5.74. The zero-order valence-corrected chi connectivity index (χ0v) is 13.9. The molecule has 1 N–H and O–H groups in total. The van der Waals surface area contributed by atoms with Crippen LogP contribution in [0.2, 0.25) is 0 Å². The fraction of sp³-hybridized carbons (Fsp3) is 0.100.